The third-order valence-electron chi connectivity index (χ3n) is 2.37. The summed E-state index contributed by atoms with van der Waals surface area (Å²) < 4.78 is 1.20. The first-order valence-corrected chi connectivity index (χ1v) is 5.68. The molecule has 0 amide bonds. The van der Waals surface area contributed by atoms with Crippen LogP contribution < -0.4 is 0 Å². The summed E-state index contributed by atoms with van der Waals surface area (Å²) in [5.74, 6) is 0.660. The average molecular weight is 242 g/mol. The first kappa shape index (κ1) is 10.7. The Morgan fingerprint density at radius 3 is 2.77 bits per heavy atom. The summed E-state index contributed by atoms with van der Waals surface area (Å²) in [5.41, 5.74) is 1.35. The molecule has 72 valence electrons. The lowest BCUT2D eigenvalue weighted by atomic mass is 9.94. The van der Waals surface area contributed by atoms with Gasteiger partial charge in [-0.2, -0.15) is 0 Å². The fourth-order valence-corrected chi connectivity index (χ4v) is 2.16. The molecule has 2 heteroatoms. The van der Waals surface area contributed by atoms with Gasteiger partial charge < -0.3 is 0 Å². The van der Waals surface area contributed by atoms with Crippen LogP contribution in [0.25, 0.3) is 0 Å². The molecule has 13 heavy (non-hydrogen) atoms. The molecule has 0 aliphatic heterocycles. The number of aromatic nitrogens is 1. The molecule has 0 saturated heterocycles. The van der Waals surface area contributed by atoms with Crippen LogP contribution in [-0.4, -0.2) is 4.98 Å². The molecule has 1 aromatic heterocycles. The lowest BCUT2D eigenvalue weighted by Crippen LogP contribution is -1.98. The molecule has 0 fully saturated rings. The number of rotatable bonds is 4. The van der Waals surface area contributed by atoms with Crippen LogP contribution in [0.15, 0.2) is 22.9 Å². The predicted octanol–water partition coefficient (Wildman–Crippen LogP) is 4.14. The van der Waals surface area contributed by atoms with Gasteiger partial charge in [0.05, 0.1) is 0 Å². The molecule has 1 unspecified atom stereocenters. The van der Waals surface area contributed by atoms with Crippen molar-refractivity contribution in [1.29, 1.82) is 0 Å². The Kier molecular flexibility index (Phi) is 4.43. The van der Waals surface area contributed by atoms with E-state index in [-0.39, 0.29) is 0 Å². The summed E-state index contributed by atoms with van der Waals surface area (Å²) in [4.78, 5) is 4.17. The van der Waals surface area contributed by atoms with Crippen molar-refractivity contribution in [2.24, 2.45) is 0 Å². The van der Waals surface area contributed by atoms with E-state index in [0.717, 1.165) is 0 Å². The van der Waals surface area contributed by atoms with E-state index in [9.17, 15) is 0 Å². The molecular formula is C11H16BrN. The highest BCUT2D eigenvalue weighted by Gasteiger charge is 2.10. The van der Waals surface area contributed by atoms with E-state index in [4.69, 9.17) is 0 Å². The first-order valence-electron chi connectivity index (χ1n) is 4.89. The molecule has 1 rings (SSSR count). The van der Waals surface area contributed by atoms with Gasteiger partial charge in [0.2, 0.25) is 0 Å². The number of nitrogens with zero attached hydrogens (tertiary/aromatic N) is 1. The van der Waals surface area contributed by atoms with Gasteiger partial charge in [0.15, 0.2) is 0 Å². The van der Waals surface area contributed by atoms with Gasteiger partial charge in [-0.25, -0.2) is 0 Å². The summed E-state index contributed by atoms with van der Waals surface area (Å²) >= 11 is 3.57. The van der Waals surface area contributed by atoms with Crippen LogP contribution >= 0.6 is 15.9 Å². The van der Waals surface area contributed by atoms with Crippen LogP contribution in [-0.2, 0) is 0 Å². The monoisotopic (exact) mass is 241 g/mol. The molecule has 0 aliphatic carbocycles. The Hall–Kier alpha value is -0.370. The normalized spacial score (nSPS) is 12.8. The van der Waals surface area contributed by atoms with Gasteiger partial charge in [0, 0.05) is 16.9 Å². The Morgan fingerprint density at radius 1 is 1.46 bits per heavy atom. The molecule has 0 radical (unpaired) electrons. The van der Waals surface area contributed by atoms with Crippen molar-refractivity contribution in [3.63, 3.8) is 0 Å². The highest BCUT2D eigenvalue weighted by atomic mass is 79.9. The summed E-state index contributed by atoms with van der Waals surface area (Å²) in [5, 5.41) is 0. The van der Waals surface area contributed by atoms with E-state index in [1.807, 2.05) is 18.5 Å². The van der Waals surface area contributed by atoms with Crippen molar-refractivity contribution < 1.29 is 0 Å². The average Bonchev–Trinajstić information content (AvgIpc) is 2.16. The highest BCUT2D eigenvalue weighted by molar-refractivity contribution is 9.10. The standard InChI is InChI=1S/C11H16BrN/c1-3-5-9(4-2)10-8-13-7-6-11(10)12/h6-9H,3-5H2,1-2H3. The maximum Gasteiger partial charge on any atom is 0.0313 e. The second-order valence-corrected chi connectivity index (χ2v) is 4.15. The molecule has 1 nitrogen and oxygen atoms in total. The zero-order chi connectivity index (χ0) is 9.68. The predicted molar refractivity (Wildman–Crippen MR) is 59.9 cm³/mol. The van der Waals surface area contributed by atoms with Crippen LogP contribution in [0.4, 0.5) is 0 Å². The lowest BCUT2D eigenvalue weighted by molar-refractivity contribution is 0.592. The van der Waals surface area contributed by atoms with E-state index >= 15 is 0 Å². The molecule has 0 saturated carbocycles. The van der Waals surface area contributed by atoms with Crippen LogP contribution in [0, 0.1) is 0 Å². The van der Waals surface area contributed by atoms with Crippen LogP contribution in [0.1, 0.15) is 44.6 Å². The molecule has 0 spiro atoms. The largest absolute Gasteiger partial charge is 0.264 e. The van der Waals surface area contributed by atoms with Crippen molar-refractivity contribution in [2.75, 3.05) is 0 Å². The van der Waals surface area contributed by atoms with Crippen LogP contribution in [0.3, 0.4) is 0 Å². The van der Waals surface area contributed by atoms with Gasteiger partial charge in [-0.15, -0.1) is 0 Å². The van der Waals surface area contributed by atoms with Gasteiger partial charge >= 0.3 is 0 Å². The Morgan fingerprint density at radius 2 is 2.23 bits per heavy atom. The van der Waals surface area contributed by atoms with Gasteiger partial charge in [-0.1, -0.05) is 36.2 Å². The fraction of sp³-hybridized carbons (Fsp3) is 0.545. The molecule has 1 aromatic rings. The van der Waals surface area contributed by atoms with E-state index in [2.05, 4.69) is 34.8 Å². The van der Waals surface area contributed by atoms with Gasteiger partial charge in [-0.05, 0) is 30.4 Å². The van der Waals surface area contributed by atoms with Gasteiger partial charge in [0.25, 0.3) is 0 Å². The second-order valence-electron chi connectivity index (χ2n) is 3.29. The number of hydrogen-bond acceptors (Lipinski definition) is 1. The van der Waals surface area contributed by atoms with Gasteiger partial charge in [0.1, 0.15) is 0 Å². The third kappa shape index (κ3) is 2.80. The lowest BCUT2D eigenvalue weighted by Gasteiger charge is -2.14. The van der Waals surface area contributed by atoms with Gasteiger partial charge in [-0.3, -0.25) is 4.98 Å². The van der Waals surface area contributed by atoms with Crippen molar-refractivity contribution >= 4 is 15.9 Å². The Balaban J connectivity index is 2.84. The summed E-state index contributed by atoms with van der Waals surface area (Å²) in [6, 6.07) is 2.02. The van der Waals surface area contributed by atoms with E-state index in [0.29, 0.717) is 5.92 Å². The van der Waals surface area contributed by atoms with Crippen molar-refractivity contribution in [2.45, 2.75) is 39.0 Å². The maximum atomic E-state index is 4.17. The molecule has 0 aliphatic rings. The number of halogens is 1. The van der Waals surface area contributed by atoms with Crippen molar-refractivity contribution in [1.82, 2.24) is 4.98 Å². The minimum absolute atomic E-state index is 0.660. The molecular weight excluding hydrogens is 226 g/mol. The molecule has 0 N–H and O–H groups in total. The molecule has 0 aromatic carbocycles. The van der Waals surface area contributed by atoms with E-state index in [1.54, 1.807) is 0 Å². The van der Waals surface area contributed by atoms with E-state index < -0.39 is 0 Å². The van der Waals surface area contributed by atoms with Crippen LogP contribution in [0.5, 0.6) is 0 Å². The zero-order valence-corrected chi connectivity index (χ0v) is 9.84. The summed E-state index contributed by atoms with van der Waals surface area (Å²) in [6.07, 6.45) is 7.49. The molecule has 0 bridgehead atoms. The van der Waals surface area contributed by atoms with Crippen LogP contribution in [0.2, 0.25) is 0 Å². The molecule has 1 atom stereocenters. The van der Waals surface area contributed by atoms with Crippen molar-refractivity contribution in [3.8, 4) is 0 Å². The minimum atomic E-state index is 0.660. The Labute approximate surface area is 88.7 Å². The molecule has 1 heterocycles. The summed E-state index contributed by atoms with van der Waals surface area (Å²) in [6.45, 7) is 4.46. The Bertz CT molecular complexity index is 260. The highest BCUT2D eigenvalue weighted by Crippen LogP contribution is 2.29. The third-order valence-corrected chi connectivity index (χ3v) is 3.09. The topological polar surface area (TPSA) is 12.9 Å². The minimum Gasteiger partial charge on any atom is -0.264 e. The zero-order valence-electron chi connectivity index (χ0n) is 8.26. The fourth-order valence-electron chi connectivity index (χ4n) is 1.62. The quantitative estimate of drug-likeness (QED) is 0.773. The summed E-state index contributed by atoms with van der Waals surface area (Å²) in [7, 11) is 0. The van der Waals surface area contributed by atoms with Crippen molar-refractivity contribution in [3.05, 3.63) is 28.5 Å². The maximum absolute atomic E-state index is 4.17. The SMILES string of the molecule is CCCC(CC)c1cnccc1Br. The first-order chi connectivity index (χ1) is 6.29. The van der Waals surface area contributed by atoms with E-state index in [1.165, 1.54) is 29.3 Å². The second kappa shape index (κ2) is 5.38. The number of hydrogen-bond donors (Lipinski definition) is 0. The number of pyridine rings is 1. The smallest absolute Gasteiger partial charge is 0.0313 e.